The van der Waals surface area contributed by atoms with E-state index in [1.807, 2.05) is 32.0 Å². The molecular formula is C11H17N3OS. The predicted octanol–water partition coefficient (Wildman–Crippen LogP) is 1.17. The van der Waals surface area contributed by atoms with Crippen LogP contribution in [-0.2, 0) is 0 Å². The summed E-state index contributed by atoms with van der Waals surface area (Å²) >= 11 is 5.12. The molecule has 0 atom stereocenters. The van der Waals surface area contributed by atoms with Crippen LogP contribution in [0.2, 0.25) is 0 Å². The molecule has 0 unspecified atom stereocenters. The first kappa shape index (κ1) is 12.9. The topological polar surface area (TPSA) is 61.5 Å². The van der Waals surface area contributed by atoms with Crippen molar-refractivity contribution >= 4 is 23.0 Å². The first-order chi connectivity index (χ1) is 7.56. The van der Waals surface area contributed by atoms with E-state index in [4.69, 9.17) is 23.2 Å². The van der Waals surface area contributed by atoms with Gasteiger partial charge in [0.1, 0.15) is 0 Å². The van der Waals surface area contributed by atoms with Crippen LogP contribution in [0.1, 0.15) is 11.1 Å². The maximum atomic E-state index is 8.75. The molecule has 0 bridgehead atoms. The number of benzene rings is 1. The lowest BCUT2D eigenvalue weighted by Gasteiger charge is -2.21. The van der Waals surface area contributed by atoms with Gasteiger partial charge in [0.15, 0.2) is 5.11 Å². The predicted molar refractivity (Wildman–Crippen MR) is 70.1 cm³/mol. The Balaban J connectivity index is 2.77. The largest absolute Gasteiger partial charge is 0.394 e. The molecule has 0 saturated carbocycles. The van der Waals surface area contributed by atoms with Crippen LogP contribution in [0, 0.1) is 13.8 Å². The number of aryl methyl sites for hydroxylation is 2. The highest BCUT2D eigenvalue weighted by Gasteiger charge is 2.07. The highest BCUT2D eigenvalue weighted by Crippen LogP contribution is 2.19. The van der Waals surface area contributed by atoms with Gasteiger partial charge in [0.25, 0.3) is 0 Å². The fourth-order valence-electron chi connectivity index (χ4n) is 1.40. The number of nitrogens with one attached hydrogen (secondary N) is 1. The molecule has 16 heavy (non-hydrogen) atoms. The van der Waals surface area contributed by atoms with Gasteiger partial charge in [-0.15, -0.1) is 0 Å². The number of nitrogens with zero attached hydrogens (tertiary/aromatic N) is 1. The summed E-state index contributed by atoms with van der Waals surface area (Å²) in [6.45, 7) is 4.30. The summed E-state index contributed by atoms with van der Waals surface area (Å²) in [6, 6.07) is 6.00. The Labute approximate surface area is 101 Å². The van der Waals surface area contributed by atoms with E-state index in [2.05, 4.69) is 5.32 Å². The van der Waals surface area contributed by atoms with Gasteiger partial charge in [-0.1, -0.05) is 18.2 Å². The van der Waals surface area contributed by atoms with E-state index in [9.17, 15) is 0 Å². The smallest absolute Gasteiger partial charge is 0.187 e. The molecule has 0 fully saturated rings. The number of aliphatic hydroxyl groups excluding tert-OH is 1. The van der Waals surface area contributed by atoms with Gasteiger partial charge in [0, 0.05) is 5.69 Å². The first-order valence-corrected chi connectivity index (χ1v) is 5.47. The quantitative estimate of drug-likeness (QED) is 0.420. The molecule has 0 aromatic heterocycles. The SMILES string of the molecule is Cc1cccc(C)c1NC(=S)N(N)CCO. The van der Waals surface area contributed by atoms with Gasteiger partial charge in [0.2, 0.25) is 0 Å². The molecule has 0 aliphatic heterocycles. The number of aliphatic hydroxyl groups is 1. The van der Waals surface area contributed by atoms with E-state index in [1.54, 1.807) is 0 Å². The number of thiocarbonyl (C=S) groups is 1. The Morgan fingerprint density at radius 2 is 2.00 bits per heavy atom. The molecule has 0 aliphatic rings. The van der Waals surface area contributed by atoms with E-state index < -0.39 is 0 Å². The molecular weight excluding hydrogens is 222 g/mol. The Morgan fingerprint density at radius 1 is 1.44 bits per heavy atom. The number of para-hydroxylation sites is 1. The molecule has 4 N–H and O–H groups in total. The molecule has 0 aliphatic carbocycles. The molecule has 1 rings (SSSR count). The number of nitrogens with two attached hydrogens (primary N) is 1. The minimum absolute atomic E-state index is 0.0227. The van der Waals surface area contributed by atoms with Crippen molar-refractivity contribution < 1.29 is 5.11 Å². The maximum absolute atomic E-state index is 8.75. The van der Waals surface area contributed by atoms with Crippen molar-refractivity contribution in [3.05, 3.63) is 29.3 Å². The van der Waals surface area contributed by atoms with Gasteiger partial charge in [-0.05, 0) is 37.2 Å². The number of anilines is 1. The van der Waals surface area contributed by atoms with Gasteiger partial charge in [-0.3, -0.25) is 5.01 Å². The molecule has 88 valence electrons. The van der Waals surface area contributed by atoms with E-state index in [0.717, 1.165) is 16.8 Å². The van der Waals surface area contributed by atoms with Gasteiger partial charge in [-0.25, -0.2) is 5.84 Å². The van der Waals surface area contributed by atoms with Crippen LogP contribution in [0.4, 0.5) is 5.69 Å². The standard InChI is InChI=1S/C11H17N3OS/c1-8-4-3-5-9(2)10(8)13-11(16)14(12)6-7-15/h3-5,15H,6-7,12H2,1-2H3,(H,13,16). The van der Waals surface area contributed by atoms with E-state index in [1.165, 1.54) is 5.01 Å². The highest BCUT2D eigenvalue weighted by molar-refractivity contribution is 7.80. The van der Waals surface area contributed by atoms with Crippen molar-refractivity contribution in [3.63, 3.8) is 0 Å². The van der Waals surface area contributed by atoms with Crippen LogP contribution in [0.25, 0.3) is 0 Å². The van der Waals surface area contributed by atoms with Gasteiger partial charge < -0.3 is 10.4 Å². The molecule has 0 radical (unpaired) electrons. The van der Waals surface area contributed by atoms with E-state index in [-0.39, 0.29) is 6.61 Å². The molecule has 5 heteroatoms. The third-order valence-electron chi connectivity index (χ3n) is 2.31. The summed E-state index contributed by atoms with van der Waals surface area (Å²) < 4.78 is 0. The van der Waals surface area contributed by atoms with Gasteiger partial charge >= 0.3 is 0 Å². The monoisotopic (exact) mass is 239 g/mol. The minimum atomic E-state index is -0.0227. The van der Waals surface area contributed by atoms with Crippen molar-refractivity contribution in [1.29, 1.82) is 0 Å². The number of rotatable bonds is 3. The van der Waals surface area contributed by atoms with Crippen molar-refractivity contribution in [2.24, 2.45) is 5.84 Å². The lowest BCUT2D eigenvalue weighted by Crippen LogP contribution is -2.42. The lowest BCUT2D eigenvalue weighted by molar-refractivity contribution is 0.253. The number of hydrogen-bond acceptors (Lipinski definition) is 3. The van der Waals surface area contributed by atoms with Crippen molar-refractivity contribution in [1.82, 2.24) is 5.01 Å². The van der Waals surface area contributed by atoms with Crippen LogP contribution in [-0.4, -0.2) is 28.4 Å². The summed E-state index contributed by atoms with van der Waals surface area (Å²) in [5, 5.41) is 13.6. The molecule has 1 aromatic rings. The molecule has 0 heterocycles. The summed E-state index contributed by atoms with van der Waals surface area (Å²) in [6.07, 6.45) is 0. The zero-order valence-electron chi connectivity index (χ0n) is 9.53. The maximum Gasteiger partial charge on any atom is 0.187 e. The lowest BCUT2D eigenvalue weighted by atomic mass is 10.1. The van der Waals surface area contributed by atoms with E-state index in [0.29, 0.717) is 11.7 Å². The Hall–Kier alpha value is -1.17. The molecule has 0 saturated heterocycles. The van der Waals surface area contributed by atoms with Crippen molar-refractivity contribution in [2.45, 2.75) is 13.8 Å². The highest BCUT2D eigenvalue weighted by atomic mass is 32.1. The van der Waals surface area contributed by atoms with Crippen LogP contribution in [0.15, 0.2) is 18.2 Å². The normalized spacial score (nSPS) is 10.0. The number of hydrazine groups is 1. The number of hydrogen-bond donors (Lipinski definition) is 3. The van der Waals surface area contributed by atoms with Gasteiger partial charge in [0.05, 0.1) is 13.2 Å². The Bertz CT molecular complexity index is 361. The van der Waals surface area contributed by atoms with Crippen molar-refractivity contribution in [2.75, 3.05) is 18.5 Å². The molecule has 0 spiro atoms. The average molecular weight is 239 g/mol. The van der Waals surface area contributed by atoms with E-state index >= 15 is 0 Å². The third kappa shape index (κ3) is 3.16. The Kier molecular flexibility index (Phi) is 4.67. The minimum Gasteiger partial charge on any atom is -0.394 e. The molecule has 4 nitrogen and oxygen atoms in total. The zero-order valence-corrected chi connectivity index (χ0v) is 10.3. The second kappa shape index (κ2) is 5.79. The van der Waals surface area contributed by atoms with Crippen LogP contribution in [0.3, 0.4) is 0 Å². The summed E-state index contributed by atoms with van der Waals surface area (Å²) in [5.74, 6) is 5.65. The molecule has 0 amide bonds. The summed E-state index contributed by atoms with van der Waals surface area (Å²) in [4.78, 5) is 0. The summed E-state index contributed by atoms with van der Waals surface area (Å²) in [7, 11) is 0. The average Bonchev–Trinajstić information content (AvgIpc) is 2.23. The molecule has 1 aromatic carbocycles. The van der Waals surface area contributed by atoms with Crippen LogP contribution >= 0.6 is 12.2 Å². The Morgan fingerprint density at radius 3 is 2.50 bits per heavy atom. The fraction of sp³-hybridized carbons (Fsp3) is 0.364. The van der Waals surface area contributed by atoms with Crippen molar-refractivity contribution in [3.8, 4) is 0 Å². The second-order valence-electron chi connectivity index (χ2n) is 3.61. The second-order valence-corrected chi connectivity index (χ2v) is 4.00. The first-order valence-electron chi connectivity index (χ1n) is 5.06. The van der Waals surface area contributed by atoms with Crippen LogP contribution < -0.4 is 11.2 Å². The van der Waals surface area contributed by atoms with Crippen LogP contribution in [0.5, 0.6) is 0 Å². The van der Waals surface area contributed by atoms with Gasteiger partial charge in [-0.2, -0.15) is 0 Å². The summed E-state index contributed by atoms with van der Waals surface area (Å²) in [5.41, 5.74) is 3.19. The fourth-order valence-corrected chi connectivity index (χ4v) is 1.59. The third-order valence-corrected chi connectivity index (χ3v) is 2.65. The zero-order chi connectivity index (χ0) is 12.1.